The Kier molecular flexibility index (Phi) is 10.6. The molecule has 0 radical (unpaired) electrons. The second kappa shape index (κ2) is 14.7. The third-order valence-corrected chi connectivity index (χ3v) is 12.2. The van der Waals surface area contributed by atoms with Crippen LogP contribution in [0.15, 0.2) is 52.9 Å². The van der Waals surface area contributed by atoms with Gasteiger partial charge in [0, 0.05) is 49.7 Å². The molecular formula is C36H47ClN4O5S. The molecule has 254 valence electrons. The van der Waals surface area contributed by atoms with Crippen LogP contribution >= 0.6 is 11.6 Å². The Morgan fingerprint density at radius 1 is 1.15 bits per heavy atom. The fraction of sp³-hybridized carbons (Fsp3) is 0.556. The molecule has 9 nitrogen and oxygen atoms in total. The van der Waals surface area contributed by atoms with Crippen LogP contribution in [0.4, 0.5) is 5.69 Å². The van der Waals surface area contributed by atoms with Crippen LogP contribution in [0.5, 0.6) is 5.75 Å². The number of methoxy groups -OCH3 is 1. The molecular weight excluding hydrogens is 636 g/mol. The van der Waals surface area contributed by atoms with Gasteiger partial charge in [0.1, 0.15) is 21.8 Å². The average molecular weight is 683 g/mol. The molecule has 2 aromatic carbocycles. The molecule has 1 fully saturated rings. The summed E-state index contributed by atoms with van der Waals surface area (Å²) in [6.07, 6.45) is 10.5. The van der Waals surface area contributed by atoms with E-state index in [0.717, 1.165) is 61.7 Å². The van der Waals surface area contributed by atoms with Crippen molar-refractivity contribution in [3.63, 3.8) is 0 Å². The highest BCUT2D eigenvalue weighted by molar-refractivity contribution is 7.92. The van der Waals surface area contributed by atoms with E-state index in [4.69, 9.17) is 21.1 Å². The van der Waals surface area contributed by atoms with Gasteiger partial charge in [0.2, 0.25) is 5.91 Å². The molecule has 1 saturated carbocycles. The van der Waals surface area contributed by atoms with E-state index in [2.05, 4.69) is 38.3 Å². The zero-order valence-corrected chi connectivity index (χ0v) is 29.2. The minimum atomic E-state index is -3.35. The van der Waals surface area contributed by atoms with Gasteiger partial charge in [-0.15, -0.1) is 4.36 Å². The fourth-order valence-corrected chi connectivity index (χ4v) is 9.32. The summed E-state index contributed by atoms with van der Waals surface area (Å²) in [4.78, 5) is 30.8. The van der Waals surface area contributed by atoms with Gasteiger partial charge < -0.3 is 19.3 Å². The number of aryl methyl sites for hydroxylation is 1. The van der Waals surface area contributed by atoms with E-state index in [1.54, 1.807) is 13.2 Å². The van der Waals surface area contributed by atoms with E-state index in [1.807, 2.05) is 37.2 Å². The molecule has 2 bridgehead atoms. The highest BCUT2D eigenvalue weighted by Crippen LogP contribution is 2.45. The number of nitrogens with zero attached hydrogens (tertiary/aromatic N) is 3. The maximum Gasteiger partial charge on any atom is 0.286 e. The lowest BCUT2D eigenvalue weighted by atomic mass is 9.70. The monoisotopic (exact) mass is 682 g/mol. The van der Waals surface area contributed by atoms with Crippen LogP contribution in [0.25, 0.3) is 0 Å². The Morgan fingerprint density at radius 2 is 2.00 bits per heavy atom. The Labute approximate surface area is 284 Å². The van der Waals surface area contributed by atoms with Crippen LogP contribution < -0.4 is 14.4 Å². The summed E-state index contributed by atoms with van der Waals surface area (Å²) < 4.78 is 33.7. The number of rotatable bonds is 5. The molecule has 11 heteroatoms. The molecule has 2 aliphatic heterocycles. The standard InChI is InChI=1S/C36H47ClN4O5S/c1-40(2)18-17-35(42)38-47(44)19-6-4-5-9-32(45-3)29-14-11-26(29)22-41-23-30-28-15-13-27(37)20-24(28)8-7-10-33(30)46-34-16-12-25(21-31(34)41)36(43)39-47/h5,9,12-13,15-16,20-21,26,29-30,32-33H,4,6-8,10-11,14,17-19,22-23H2,1-3H3,(H,38,39,42,43,44)/b9-5+/t26-,29+,30+,32-,33?,47?/m0/s1. The van der Waals surface area contributed by atoms with Gasteiger partial charge in [-0.3, -0.25) is 14.3 Å². The number of ether oxygens (including phenoxy) is 2. The molecule has 2 heterocycles. The number of fused-ring (bicyclic) bond motifs is 5. The number of carbonyl (C=O) groups excluding carboxylic acids is 2. The summed E-state index contributed by atoms with van der Waals surface area (Å²) in [5.41, 5.74) is 3.72. The molecule has 6 rings (SSSR count). The summed E-state index contributed by atoms with van der Waals surface area (Å²) in [5.74, 6) is 0.733. The van der Waals surface area contributed by atoms with Crippen LogP contribution in [0.2, 0.25) is 5.02 Å². The smallest absolute Gasteiger partial charge is 0.286 e. The second-order valence-corrected chi connectivity index (χ2v) is 16.2. The first-order valence-electron chi connectivity index (χ1n) is 16.9. The number of nitrogens with one attached hydrogen (secondary N) is 1. The van der Waals surface area contributed by atoms with Crippen molar-refractivity contribution in [3.8, 4) is 5.75 Å². The van der Waals surface area contributed by atoms with Crippen molar-refractivity contribution in [2.75, 3.05) is 51.5 Å². The van der Waals surface area contributed by atoms with Crippen molar-refractivity contribution < 1.29 is 23.3 Å². The number of allylic oxidation sites excluding steroid dienone is 1. The molecule has 1 N–H and O–H groups in total. The average Bonchev–Trinajstić information content (AvgIpc) is 3.27. The highest BCUT2D eigenvalue weighted by Gasteiger charge is 2.41. The molecule has 2 aromatic rings. The van der Waals surface area contributed by atoms with E-state index < -0.39 is 15.8 Å². The predicted molar refractivity (Wildman–Crippen MR) is 187 cm³/mol. The summed E-state index contributed by atoms with van der Waals surface area (Å²) in [6, 6.07) is 11.6. The lowest BCUT2D eigenvalue weighted by Gasteiger charge is -2.43. The minimum absolute atomic E-state index is 0.0226. The normalized spacial score (nSPS) is 29.9. The number of hydrogen-bond acceptors (Lipinski definition) is 7. The maximum absolute atomic E-state index is 14.1. The maximum atomic E-state index is 14.1. The first-order chi connectivity index (χ1) is 22.6. The van der Waals surface area contributed by atoms with Crippen molar-refractivity contribution in [3.05, 3.63) is 70.3 Å². The molecule has 0 aromatic heterocycles. The molecule has 6 atom stereocenters. The number of amides is 2. The van der Waals surface area contributed by atoms with Crippen molar-refractivity contribution >= 4 is 39.0 Å². The van der Waals surface area contributed by atoms with E-state index in [1.165, 1.54) is 11.1 Å². The van der Waals surface area contributed by atoms with Crippen molar-refractivity contribution in [1.29, 1.82) is 0 Å². The molecule has 0 spiro atoms. The third-order valence-electron chi connectivity index (χ3n) is 10.2. The van der Waals surface area contributed by atoms with Gasteiger partial charge in [0.25, 0.3) is 5.91 Å². The van der Waals surface area contributed by atoms with Gasteiger partial charge in [0.05, 0.1) is 17.5 Å². The first-order valence-corrected chi connectivity index (χ1v) is 19.0. The van der Waals surface area contributed by atoms with E-state index in [9.17, 15) is 13.8 Å². The molecule has 0 saturated heterocycles. The summed E-state index contributed by atoms with van der Waals surface area (Å²) in [5, 5.41) is 0.749. The molecule has 2 unspecified atom stereocenters. The predicted octanol–water partition coefficient (Wildman–Crippen LogP) is 6.01. The lowest BCUT2D eigenvalue weighted by molar-refractivity contribution is -0.119. The number of carbonyl (C=O) groups is 2. The SMILES string of the molecule is CO[C@H]1/C=C/CCCS(=O)(NC(=O)CCN(C)C)=NC(=O)c2ccc3c(c2)N(C[C@@H]2CC[C@H]21)C[C@@H]1c2ccc(Cl)cc2CCCC1O3. The molecule has 2 amide bonds. The van der Waals surface area contributed by atoms with Crippen LogP contribution in [-0.4, -0.2) is 79.7 Å². The van der Waals surface area contributed by atoms with Gasteiger partial charge in [0.15, 0.2) is 0 Å². The van der Waals surface area contributed by atoms with Gasteiger partial charge >= 0.3 is 0 Å². The van der Waals surface area contributed by atoms with Crippen LogP contribution in [-0.2, 0) is 25.9 Å². The lowest BCUT2D eigenvalue weighted by Crippen LogP contribution is -2.44. The third kappa shape index (κ3) is 7.88. The Balaban J connectivity index is 1.40. The molecule has 4 aliphatic rings. The summed E-state index contributed by atoms with van der Waals surface area (Å²) in [7, 11) is 2.15. The molecule has 47 heavy (non-hydrogen) atoms. The number of halogens is 1. The van der Waals surface area contributed by atoms with E-state index in [-0.39, 0.29) is 36.2 Å². The Hall–Kier alpha value is -2.92. The zero-order valence-electron chi connectivity index (χ0n) is 27.7. The Bertz CT molecular complexity index is 1640. The van der Waals surface area contributed by atoms with Gasteiger partial charge in [-0.05, 0) is 112 Å². The van der Waals surface area contributed by atoms with Crippen LogP contribution in [0, 0.1) is 11.8 Å². The number of benzene rings is 2. The summed E-state index contributed by atoms with van der Waals surface area (Å²) >= 11 is 6.44. The second-order valence-electron chi connectivity index (χ2n) is 13.7. The summed E-state index contributed by atoms with van der Waals surface area (Å²) in [6.45, 7) is 2.03. The van der Waals surface area contributed by atoms with Crippen molar-refractivity contribution in [1.82, 2.24) is 9.62 Å². The first kappa shape index (κ1) is 34.0. The molecule has 2 aliphatic carbocycles. The van der Waals surface area contributed by atoms with Crippen molar-refractivity contribution in [2.24, 2.45) is 16.2 Å². The quantitative estimate of drug-likeness (QED) is 0.386. The fourth-order valence-electron chi connectivity index (χ4n) is 7.49. The zero-order chi connectivity index (χ0) is 33.1. The van der Waals surface area contributed by atoms with Gasteiger partial charge in [-0.2, -0.15) is 0 Å². The van der Waals surface area contributed by atoms with Gasteiger partial charge in [-0.1, -0.05) is 29.8 Å². The van der Waals surface area contributed by atoms with Gasteiger partial charge in [-0.25, -0.2) is 4.21 Å². The number of hydrogen-bond donors (Lipinski definition) is 1. The highest BCUT2D eigenvalue weighted by atomic mass is 35.5. The largest absolute Gasteiger partial charge is 0.488 e. The number of anilines is 1. The van der Waals surface area contributed by atoms with E-state index in [0.29, 0.717) is 36.8 Å². The minimum Gasteiger partial charge on any atom is -0.488 e. The topological polar surface area (TPSA) is 101 Å². The van der Waals surface area contributed by atoms with E-state index >= 15 is 0 Å². The van der Waals surface area contributed by atoms with Crippen LogP contribution in [0.3, 0.4) is 0 Å². The Morgan fingerprint density at radius 3 is 2.77 bits per heavy atom. The van der Waals surface area contributed by atoms with Crippen molar-refractivity contribution in [2.45, 2.75) is 69.5 Å². The van der Waals surface area contributed by atoms with Crippen LogP contribution in [0.1, 0.15) is 72.3 Å².